The van der Waals surface area contributed by atoms with Gasteiger partial charge in [0.1, 0.15) is 5.76 Å². The standard InChI is InChI=1S/C14H17NO/c1-5-8-10-14(11-12(4)16)15-13(7-3)9-6-2/h5-11,15-16H,1-4H2/b10-8-,13-9+,14-11+. The van der Waals surface area contributed by atoms with Crippen molar-refractivity contribution in [2.24, 2.45) is 0 Å². The summed E-state index contributed by atoms with van der Waals surface area (Å²) in [4.78, 5) is 0. The van der Waals surface area contributed by atoms with Gasteiger partial charge in [-0.05, 0) is 18.2 Å². The van der Waals surface area contributed by atoms with E-state index < -0.39 is 0 Å². The van der Waals surface area contributed by atoms with Crippen molar-refractivity contribution in [2.45, 2.75) is 0 Å². The van der Waals surface area contributed by atoms with Crippen LogP contribution >= 0.6 is 0 Å². The highest BCUT2D eigenvalue weighted by Gasteiger charge is 1.94. The van der Waals surface area contributed by atoms with Crippen LogP contribution in [0.2, 0.25) is 0 Å². The Morgan fingerprint density at radius 1 is 1.06 bits per heavy atom. The SMILES string of the molecule is C=C/C=C\C(=C/C(=C)O)N/C(C=C)=C/C=C. The lowest BCUT2D eigenvalue weighted by Gasteiger charge is -2.07. The van der Waals surface area contributed by atoms with Gasteiger partial charge >= 0.3 is 0 Å². The molecule has 0 saturated carbocycles. The zero-order chi connectivity index (χ0) is 12.4. The van der Waals surface area contributed by atoms with E-state index in [0.29, 0.717) is 5.70 Å². The van der Waals surface area contributed by atoms with Gasteiger partial charge in [-0.3, -0.25) is 0 Å². The molecule has 0 aromatic heterocycles. The summed E-state index contributed by atoms with van der Waals surface area (Å²) in [7, 11) is 0. The first-order chi connectivity index (χ1) is 7.63. The molecular formula is C14H17NO. The molecular weight excluding hydrogens is 198 g/mol. The van der Waals surface area contributed by atoms with Gasteiger partial charge in [-0.2, -0.15) is 0 Å². The lowest BCUT2D eigenvalue weighted by molar-refractivity contribution is 0.434. The fourth-order valence-electron chi connectivity index (χ4n) is 0.931. The molecule has 2 heteroatoms. The second-order valence-corrected chi connectivity index (χ2v) is 2.87. The van der Waals surface area contributed by atoms with Crippen LogP contribution in [0.25, 0.3) is 0 Å². The summed E-state index contributed by atoms with van der Waals surface area (Å²) in [5.41, 5.74) is 1.46. The maximum Gasteiger partial charge on any atom is 0.110 e. The van der Waals surface area contributed by atoms with Crippen molar-refractivity contribution in [1.29, 1.82) is 0 Å². The third-order valence-corrected chi connectivity index (χ3v) is 1.54. The predicted molar refractivity (Wildman–Crippen MR) is 70.8 cm³/mol. The molecule has 16 heavy (non-hydrogen) atoms. The summed E-state index contributed by atoms with van der Waals surface area (Å²) in [5, 5.41) is 12.1. The Labute approximate surface area is 97.0 Å². The Balaban J connectivity index is 4.92. The fraction of sp³-hybridized carbons (Fsp3) is 0. The molecule has 0 spiro atoms. The lowest BCUT2D eigenvalue weighted by Crippen LogP contribution is -2.09. The maximum absolute atomic E-state index is 9.10. The Morgan fingerprint density at radius 2 is 1.75 bits per heavy atom. The number of rotatable bonds is 7. The average Bonchev–Trinajstić information content (AvgIpc) is 2.24. The second-order valence-electron chi connectivity index (χ2n) is 2.87. The Morgan fingerprint density at radius 3 is 2.19 bits per heavy atom. The number of hydrogen-bond donors (Lipinski definition) is 2. The number of aliphatic hydroxyl groups is 1. The van der Waals surface area contributed by atoms with Gasteiger partial charge in [-0.25, -0.2) is 0 Å². The third-order valence-electron chi connectivity index (χ3n) is 1.54. The van der Waals surface area contributed by atoms with Crippen LogP contribution in [0.5, 0.6) is 0 Å². The number of allylic oxidation sites excluding steroid dienone is 7. The zero-order valence-electron chi connectivity index (χ0n) is 9.32. The minimum atomic E-state index is -0.0294. The zero-order valence-corrected chi connectivity index (χ0v) is 9.32. The molecule has 0 unspecified atom stereocenters. The lowest BCUT2D eigenvalue weighted by atomic mass is 10.3. The number of hydrogen-bond acceptors (Lipinski definition) is 2. The first kappa shape index (κ1) is 13.8. The normalized spacial score (nSPS) is 12.2. The van der Waals surface area contributed by atoms with E-state index in [1.165, 1.54) is 6.08 Å². The van der Waals surface area contributed by atoms with E-state index in [1.807, 2.05) is 0 Å². The Kier molecular flexibility index (Phi) is 6.99. The van der Waals surface area contributed by atoms with Crippen molar-refractivity contribution in [3.8, 4) is 0 Å². The van der Waals surface area contributed by atoms with Gasteiger partial charge < -0.3 is 10.4 Å². The van der Waals surface area contributed by atoms with E-state index in [9.17, 15) is 0 Å². The molecule has 0 aromatic carbocycles. The molecule has 2 nitrogen and oxygen atoms in total. The summed E-state index contributed by atoms with van der Waals surface area (Å²) in [6.07, 6.45) is 11.7. The molecule has 0 radical (unpaired) electrons. The van der Waals surface area contributed by atoms with E-state index in [2.05, 4.69) is 31.6 Å². The summed E-state index contributed by atoms with van der Waals surface area (Å²) in [6.45, 7) is 14.2. The highest BCUT2D eigenvalue weighted by Crippen LogP contribution is 2.02. The molecule has 0 heterocycles. The third kappa shape index (κ3) is 6.27. The molecule has 84 valence electrons. The van der Waals surface area contributed by atoms with Crippen LogP contribution < -0.4 is 5.32 Å². The second kappa shape index (κ2) is 8.12. The van der Waals surface area contributed by atoms with Crippen molar-refractivity contribution in [1.82, 2.24) is 5.32 Å². The molecule has 2 N–H and O–H groups in total. The molecule has 0 aliphatic carbocycles. The molecule has 0 aliphatic rings. The predicted octanol–water partition coefficient (Wildman–Crippen LogP) is 3.53. The van der Waals surface area contributed by atoms with Gasteiger partial charge in [0, 0.05) is 17.5 Å². The van der Waals surface area contributed by atoms with Crippen LogP contribution in [-0.4, -0.2) is 5.11 Å². The van der Waals surface area contributed by atoms with Crippen molar-refractivity contribution in [3.63, 3.8) is 0 Å². The molecule has 0 saturated heterocycles. The summed E-state index contributed by atoms with van der Waals surface area (Å²) >= 11 is 0. The van der Waals surface area contributed by atoms with Gasteiger partial charge in [0.2, 0.25) is 0 Å². The van der Waals surface area contributed by atoms with Crippen LogP contribution in [-0.2, 0) is 0 Å². The highest BCUT2D eigenvalue weighted by molar-refractivity contribution is 5.32. The molecule has 0 fully saturated rings. The minimum Gasteiger partial charge on any atom is -0.509 e. The maximum atomic E-state index is 9.10. The summed E-state index contributed by atoms with van der Waals surface area (Å²) < 4.78 is 0. The van der Waals surface area contributed by atoms with Gasteiger partial charge in [-0.15, -0.1) is 0 Å². The monoisotopic (exact) mass is 215 g/mol. The van der Waals surface area contributed by atoms with E-state index in [1.54, 1.807) is 36.5 Å². The Hall–Kier alpha value is -2.22. The number of nitrogens with one attached hydrogen (secondary N) is 1. The van der Waals surface area contributed by atoms with Crippen LogP contribution in [0.4, 0.5) is 0 Å². The van der Waals surface area contributed by atoms with Gasteiger partial charge in [-0.1, -0.05) is 44.5 Å². The highest BCUT2D eigenvalue weighted by atomic mass is 16.3. The number of aliphatic hydroxyl groups excluding tert-OH is 1. The van der Waals surface area contributed by atoms with E-state index in [-0.39, 0.29) is 5.76 Å². The van der Waals surface area contributed by atoms with Crippen LogP contribution in [0.1, 0.15) is 0 Å². The van der Waals surface area contributed by atoms with Gasteiger partial charge in [0.15, 0.2) is 0 Å². The van der Waals surface area contributed by atoms with Crippen molar-refractivity contribution in [3.05, 3.63) is 86.0 Å². The van der Waals surface area contributed by atoms with E-state index >= 15 is 0 Å². The fourth-order valence-corrected chi connectivity index (χ4v) is 0.931. The average molecular weight is 215 g/mol. The molecule has 0 atom stereocenters. The molecule has 0 rings (SSSR count). The van der Waals surface area contributed by atoms with E-state index in [4.69, 9.17) is 5.11 Å². The summed E-state index contributed by atoms with van der Waals surface area (Å²) in [6, 6.07) is 0. The first-order valence-electron chi connectivity index (χ1n) is 4.75. The first-order valence-corrected chi connectivity index (χ1v) is 4.75. The molecule has 0 bridgehead atoms. The van der Waals surface area contributed by atoms with Crippen LogP contribution in [0.15, 0.2) is 86.0 Å². The Bertz CT molecular complexity index is 370. The van der Waals surface area contributed by atoms with Crippen molar-refractivity contribution in [2.75, 3.05) is 0 Å². The summed E-state index contributed by atoms with van der Waals surface area (Å²) in [5.74, 6) is -0.0294. The molecule has 0 aliphatic heterocycles. The minimum absolute atomic E-state index is 0.0294. The topological polar surface area (TPSA) is 32.3 Å². The van der Waals surface area contributed by atoms with Gasteiger partial charge in [0.25, 0.3) is 0 Å². The largest absolute Gasteiger partial charge is 0.509 e. The molecule has 0 aromatic rings. The van der Waals surface area contributed by atoms with Gasteiger partial charge in [0.05, 0.1) is 0 Å². The smallest absolute Gasteiger partial charge is 0.110 e. The van der Waals surface area contributed by atoms with Crippen molar-refractivity contribution < 1.29 is 5.11 Å². The molecule has 0 amide bonds. The quantitative estimate of drug-likeness (QED) is 0.503. The van der Waals surface area contributed by atoms with Crippen molar-refractivity contribution >= 4 is 0 Å². The van der Waals surface area contributed by atoms with Crippen LogP contribution in [0.3, 0.4) is 0 Å². The van der Waals surface area contributed by atoms with E-state index in [0.717, 1.165) is 5.70 Å². The van der Waals surface area contributed by atoms with Crippen LogP contribution in [0, 0.1) is 0 Å².